The van der Waals surface area contributed by atoms with Crippen molar-refractivity contribution < 1.29 is 8.96 Å². The Kier molecular flexibility index (Phi) is 5.67. The zero-order valence-electron chi connectivity index (χ0n) is 18.1. The molecule has 0 fully saturated rings. The summed E-state index contributed by atoms with van der Waals surface area (Å²) in [5.74, 6) is -0.222. The van der Waals surface area contributed by atoms with Crippen molar-refractivity contribution in [2.75, 3.05) is 0 Å². The normalized spacial score (nSPS) is 11.5. The first-order valence-electron chi connectivity index (χ1n) is 11.1. The summed E-state index contributed by atoms with van der Waals surface area (Å²) in [6, 6.07) is 25.5. The number of unbranched alkanes of at least 4 members (excludes halogenated alkanes) is 1. The maximum absolute atomic E-state index is 13.5. The molecule has 0 aliphatic carbocycles. The average molecular weight is 444 g/mol. The average Bonchev–Trinajstić information content (AvgIpc) is 3.13. The lowest BCUT2D eigenvalue weighted by Crippen LogP contribution is -2.37. The van der Waals surface area contributed by atoms with Crippen molar-refractivity contribution in [2.45, 2.75) is 32.9 Å². The number of hydrogen-bond donors (Lipinski definition) is 0. The first-order chi connectivity index (χ1) is 15.7. The Balaban J connectivity index is 1.84. The van der Waals surface area contributed by atoms with Gasteiger partial charge in [0.2, 0.25) is 5.69 Å². The van der Waals surface area contributed by atoms with Crippen molar-refractivity contribution >= 4 is 33.4 Å². The van der Waals surface area contributed by atoms with Crippen LogP contribution in [0.15, 0.2) is 85.1 Å². The van der Waals surface area contributed by atoms with E-state index in [1.165, 1.54) is 33.9 Å². The summed E-state index contributed by atoms with van der Waals surface area (Å²) in [6.45, 7) is 3.79. The fourth-order valence-corrected chi connectivity index (χ4v) is 4.76. The van der Waals surface area contributed by atoms with E-state index in [9.17, 15) is 4.39 Å². The maximum Gasteiger partial charge on any atom is 0.238 e. The van der Waals surface area contributed by atoms with Crippen molar-refractivity contribution in [1.82, 2.24) is 4.57 Å². The van der Waals surface area contributed by atoms with E-state index >= 15 is 0 Å². The van der Waals surface area contributed by atoms with Crippen LogP contribution >= 0.6 is 11.6 Å². The smallest absolute Gasteiger partial charge is 0.238 e. The molecule has 0 atom stereocenters. The second-order valence-electron chi connectivity index (χ2n) is 8.18. The fraction of sp³-hybridized carbons (Fsp3) is 0.179. The molecule has 0 aliphatic rings. The lowest BCUT2D eigenvalue weighted by Gasteiger charge is -2.12. The van der Waals surface area contributed by atoms with Crippen LogP contribution in [-0.2, 0) is 13.1 Å². The summed E-state index contributed by atoms with van der Waals surface area (Å²) >= 11 is 6.74. The van der Waals surface area contributed by atoms with E-state index in [-0.39, 0.29) is 5.82 Å². The van der Waals surface area contributed by atoms with Crippen molar-refractivity contribution in [3.05, 3.63) is 101 Å². The van der Waals surface area contributed by atoms with Gasteiger partial charge in [-0.05, 0) is 48.9 Å². The van der Waals surface area contributed by atoms with Crippen molar-refractivity contribution in [2.24, 2.45) is 0 Å². The lowest BCUT2D eigenvalue weighted by molar-refractivity contribution is -0.676. The van der Waals surface area contributed by atoms with Gasteiger partial charge >= 0.3 is 0 Å². The monoisotopic (exact) mass is 443 g/mol. The third kappa shape index (κ3) is 3.67. The van der Waals surface area contributed by atoms with Crippen LogP contribution in [0.4, 0.5) is 4.39 Å². The summed E-state index contributed by atoms with van der Waals surface area (Å²) in [6.07, 6.45) is 4.35. The van der Waals surface area contributed by atoms with Crippen molar-refractivity contribution in [1.29, 1.82) is 0 Å². The van der Waals surface area contributed by atoms with Gasteiger partial charge in [0.15, 0.2) is 12.7 Å². The van der Waals surface area contributed by atoms with Crippen LogP contribution in [0.25, 0.3) is 33.1 Å². The molecule has 2 heterocycles. The fourth-order valence-electron chi connectivity index (χ4n) is 4.53. The summed E-state index contributed by atoms with van der Waals surface area (Å²) in [4.78, 5) is 0. The van der Waals surface area contributed by atoms with Crippen LogP contribution in [0.2, 0.25) is 5.02 Å². The van der Waals surface area contributed by atoms with Crippen LogP contribution in [0.3, 0.4) is 0 Å². The van der Waals surface area contributed by atoms with E-state index in [1.54, 1.807) is 0 Å². The molecular formula is C28H25ClFN2+. The van der Waals surface area contributed by atoms with E-state index in [1.807, 2.05) is 30.3 Å². The molecule has 0 bridgehead atoms. The Morgan fingerprint density at radius 2 is 1.62 bits per heavy atom. The van der Waals surface area contributed by atoms with Gasteiger partial charge in [-0.1, -0.05) is 55.3 Å². The number of aryl methyl sites for hydroxylation is 1. The SMILES string of the molecule is CCCCn1c2ccccc2c2cc[n+](Cc3ccc(F)cc3)c(-c3ccccc3Cl)c21. The second-order valence-corrected chi connectivity index (χ2v) is 8.59. The first kappa shape index (κ1) is 20.7. The molecule has 0 saturated carbocycles. The molecule has 0 spiro atoms. The summed E-state index contributed by atoms with van der Waals surface area (Å²) in [5.41, 5.74) is 5.56. The van der Waals surface area contributed by atoms with E-state index in [0.717, 1.165) is 41.2 Å². The Hall–Kier alpha value is -3.17. The van der Waals surface area contributed by atoms with Crippen molar-refractivity contribution in [3.8, 4) is 11.3 Å². The highest BCUT2D eigenvalue weighted by Gasteiger charge is 2.25. The summed E-state index contributed by atoms with van der Waals surface area (Å²) < 4.78 is 18.2. The minimum atomic E-state index is -0.222. The molecular weight excluding hydrogens is 419 g/mol. The zero-order valence-corrected chi connectivity index (χ0v) is 18.8. The quantitative estimate of drug-likeness (QED) is 0.242. The molecule has 0 unspecified atom stereocenters. The minimum Gasteiger partial charge on any atom is -0.335 e. The molecule has 0 saturated heterocycles. The molecule has 5 aromatic rings. The van der Waals surface area contributed by atoms with Gasteiger partial charge in [-0.2, -0.15) is 4.57 Å². The molecule has 0 N–H and O–H groups in total. The molecule has 2 aromatic heterocycles. The largest absolute Gasteiger partial charge is 0.335 e. The standard InChI is InChI=1S/C28H25ClFN2/c1-2-3-17-32-26-11-7-5-8-22(26)23-16-18-31(19-20-12-14-21(30)15-13-20)27(28(23)32)24-9-4-6-10-25(24)29/h4-16,18H,2-3,17,19H2,1H3/q+1. The van der Waals surface area contributed by atoms with Gasteiger partial charge in [0.25, 0.3) is 0 Å². The molecule has 0 aliphatic heterocycles. The van der Waals surface area contributed by atoms with Gasteiger partial charge in [-0.25, -0.2) is 4.39 Å². The van der Waals surface area contributed by atoms with Gasteiger partial charge in [0.1, 0.15) is 11.3 Å². The van der Waals surface area contributed by atoms with Crippen LogP contribution in [0, 0.1) is 5.82 Å². The number of pyridine rings is 1. The summed E-state index contributed by atoms with van der Waals surface area (Å²) in [5, 5.41) is 3.20. The summed E-state index contributed by atoms with van der Waals surface area (Å²) in [7, 11) is 0. The zero-order chi connectivity index (χ0) is 22.1. The van der Waals surface area contributed by atoms with Gasteiger partial charge in [0, 0.05) is 34.5 Å². The van der Waals surface area contributed by atoms with Crippen LogP contribution in [0.1, 0.15) is 25.3 Å². The number of para-hydroxylation sites is 1. The van der Waals surface area contributed by atoms with E-state index < -0.39 is 0 Å². The molecule has 32 heavy (non-hydrogen) atoms. The van der Waals surface area contributed by atoms with Crippen LogP contribution in [0.5, 0.6) is 0 Å². The third-order valence-electron chi connectivity index (χ3n) is 6.07. The van der Waals surface area contributed by atoms with Crippen LogP contribution < -0.4 is 4.57 Å². The molecule has 3 aromatic carbocycles. The second kappa shape index (κ2) is 8.76. The van der Waals surface area contributed by atoms with Gasteiger partial charge in [-0.3, -0.25) is 0 Å². The Morgan fingerprint density at radius 3 is 2.41 bits per heavy atom. The molecule has 0 amide bonds. The van der Waals surface area contributed by atoms with Gasteiger partial charge < -0.3 is 4.57 Å². The number of hydrogen-bond acceptors (Lipinski definition) is 0. The number of halogens is 2. The van der Waals surface area contributed by atoms with Gasteiger partial charge in [0.05, 0.1) is 10.6 Å². The highest BCUT2D eigenvalue weighted by atomic mass is 35.5. The highest BCUT2D eigenvalue weighted by molar-refractivity contribution is 6.33. The molecule has 160 valence electrons. The van der Waals surface area contributed by atoms with E-state index in [2.05, 4.69) is 58.7 Å². The van der Waals surface area contributed by atoms with Gasteiger partial charge in [-0.15, -0.1) is 0 Å². The Bertz CT molecular complexity index is 1400. The lowest BCUT2D eigenvalue weighted by atomic mass is 10.1. The van der Waals surface area contributed by atoms with Crippen molar-refractivity contribution in [3.63, 3.8) is 0 Å². The maximum atomic E-state index is 13.5. The Morgan fingerprint density at radius 1 is 0.875 bits per heavy atom. The predicted octanol–water partition coefficient (Wildman–Crippen LogP) is 7.39. The molecule has 5 rings (SSSR count). The minimum absolute atomic E-state index is 0.222. The number of nitrogens with zero attached hydrogens (tertiary/aromatic N) is 2. The topological polar surface area (TPSA) is 8.81 Å². The predicted molar refractivity (Wildman–Crippen MR) is 130 cm³/mol. The molecule has 4 heteroatoms. The first-order valence-corrected chi connectivity index (χ1v) is 11.5. The number of rotatable bonds is 6. The molecule has 0 radical (unpaired) electrons. The van der Waals surface area contributed by atoms with E-state index in [0.29, 0.717) is 6.54 Å². The van der Waals surface area contributed by atoms with E-state index in [4.69, 9.17) is 11.6 Å². The highest BCUT2D eigenvalue weighted by Crippen LogP contribution is 2.36. The third-order valence-corrected chi connectivity index (χ3v) is 6.40. The Labute approximate surface area is 192 Å². The number of benzene rings is 3. The number of aromatic nitrogens is 2. The number of fused-ring (bicyclic) bond motifs is 3. The van der Waals surface area contributed by atoms with Crippen LogP contribution in [-0.4, -0.2) is 4.57 Å². The molecule has 2 nitrogen and oxygen atoms in total.